The number of nitrogens with two attached hydrogens (primary N) is 1. The first kappa shape index (κ1) is 9.93. The van der Waals surface area contributed by atoms with Gasteiger partial charge < -0.3 is 16.2 Å². The second kappa shape index (κ2) is 3.87. The van der Waals surface area contributed by atoms with Gasteiger partial charge in [-0.15, -0.1) is 0 Å². The van der Waals surface area contributed by atoms with E-state index in [1.54, 1.807) is 0 Å². The molecule has 0 aromatic carbocycles. The summed E-state index contributed by atoms with van der Waals surface area (Å²) in [7, 11) is 0. The summed E-state index contributed by atoms with van der Waals surface area (Å²) in [6.45, 7) is 0. The van der Waals surface area contributed by atoms with Crippen LogP contribution in [0.5, 0.6) is 0 Å². The number of aliphatic hydroxyl groups excluding tert-OH is 1. The van der Waals surface area contributed by atoms with E-state index in [0.29, 0.717) is 18.8 Å². The van der Waals surface area contributed by atoms with Gasteiger partial charge in [-0.3, -0.25) is 4.79 Å². The fourth-order valence-electron chi connectivity index (χ4n) is 2.02. The molecule has 2 aliphatic carbocycles. The van der Waals surface area contributed by atoms with Crippen molar-refractivity contribution in [1.29, 1.82) is 0 Å². The molecule has 0 aromatic rings. The third kappa shape index (κ3) is 1.91. The van der Waals surface area contributed by atoms with Crippen LogP contribution in [0, 0.1) is 5.92 Å². The third-order valence-corrected chi connectivity index (χ3v) is 3.42. The van der Waals surface area contributed by atoms with Crippen LogP contribution >= 0.6 is 0 Å². The lowest BCUT2D eigenvalue weighted by Gasteiger charge is -2.35. The summed E-state index contributed by atoms with van der Waals surface area (Å²) in [6, 6.07) is -0.176. The molecule has 0 saturated heterocycles. The van der Waals surface area contributed by atoms with E-state index in [4.69, 9.17) is 10.8 Å². The maximum absolute atomic E-state index is 11.6. The molecule has 2 fully saturated rings. The van der Waals surface area contributed by atoms with E-state index in [0.717, 1.165) is 12.8 Å². The van der Waals surface area contributed by atoms with E-state index in [9.17, 15) is 4.79 Å². The highest BCUT2D eigenvalue weighted by Gasteiger charge is 2.33. The summed E-state index contributed by atoms with van der Waals surface area (Å²) in [4.78, 5) is 11.6. The van der Waals surface area contributed by atoms with Gasteiger partial charge in [0.15, 0.2) is 0 Å². The van der Waals surface area contributed by atoms with Crippen LogP contribution in [0.25, 0.3) is 0 Å². The Morgan fingerprint density at radius 2 is 2.07 bits per heavy atom. The Morgan fingerprint density at radius 1 is 1.43 bits per heavy atom. The van der Waals surface area contributed by atoms with Gasteiger partial charge >= 0.3 is 0 Å². The number of rotatable bonds is 3. The van der Waals surface area contributed by atoms with Crippen molar-refractivity contribution in [3.05, 3.63) is 0 Å². The van der Waals surface area contributed by atoms with Crippen molar-refractivity contribution >= 4 is 5.91 Å². The lowest BCUT2D eigenvalue weighted by Crippen LogP contribution is -2.54. The van der Waals surface area contributed by atoms with Crippen LogP contribution in [0.3, 0.4) is 0 Å². The quantitative estimate of drug-likeness (QED) is 0.585. The SMILES string of the molecule is NC(C(=O)NC1CC(O)C1)C1CCC1. The van der Waals surface area contributed by atoms with Crippen LogP contribution in [-0.4, -0.2) is 29.2 Å². The number of carbonyl (C=O) groups excluding carboxylic acids is 1. The fourth-order valence-corrected chi connectivity index (χ4v) is 2.02. The highest BCUT2D eigenvalue weighted by atomic mass is 16.3. The van der Waals surface area contributed by atoms with E-state index < -0.39 is 0 Å². The zero-order chi connectivity index (χ0) is 10.1. The molecule has 2 aliphatic rings. The highest BCUT2D eigenvalue weighted by molar-refractivity contribution is 5.82. The van der Waals surface area contributed by atoms with Gasteiger partial charge in [0.1, 0.15) is 0 Å². The van der Waals surface area contributed by atoms with Crippen molar-refractivity contribution in [1.82, 2.24) is 5.32 Å². The summed E-state index contributed by atoms with van der Waals surface area (Å²) < 4.78 is 0. The largest absolute Gasteiger partial charge is 0.393 e. The molecule has 0 aliphatic heterocycles. The minimum atomic E-state index is -0.332. The van der Waals surface area contributed by atoms with E-state index in [-0.39, 0.29) is 24.1 Å². The van der Waals surface area contributed by atoms with Crippen LogP contribution in [0.1, 0.15) is 32.1 Å². The van der Waals surface area contributed by atoms with Crippen molar-refractivity contribution < 1.29 is 9.90 Å². The van der Waals surface area contributed by atoms with Gasteiger partial charge in [0.05, 0.1) is 12.1 Å². The van der Waals surface area contributed by atoms with E-state index in [1.165, 1.54) is 6.42 Å². The minimum Gasteiger partial charge on any atom is -0.393 e. The topological polar surface area (TPSA) is 75.4 Å². The Hall–Kier alpha value is -0.610. The number of nitrogens with one attached hydrogen (secondary N) is 1. The summed E-state index contributed by atoms with van der Waals surface area (Å²) in [6.07, 6.45) is 4.52. The summed E-state index contributed by atoms with van der Waals surface area (Å²) in [5, 5.41) is 11.9. The first-order chi connectivity index (χ1) is 6.66. The zero-order valence-electron chi connectivity index (χ0n) is 8.28. The van der Waals surface area contributed by atoms with Crippen molar-refractivity contribution in [2.24, 2.45) is 11.7 Å². The molecule has 0 heterocycles. The molecule has 0 aromatic heterocycles. The minimum absolute atomic E-state index is 0.0356. The highest BCUT2D eigenvalue weighted by Crippen LogP contribution is 2.29. The Balaban J connectivity index is 1.71. The Bertz CT molecular complexity index is 222. The molecule has 1 unspecified atom stereocenters. The van der Waals surface area contributed by atoms with Crippen LogP contribution in [0.2, 0.25) is 0 Å². The number of amides is 1. The van der Waals surface area contributed by atoms with E-state index in [2.05, 4.69) is 5.32 Å². The van der Waals surface area contributed by atoms with Crippen molar-refractivity contribution in [2.45, 2.75) is 50.3 Å². The summed E-state index contributed by atoms with van der Waals surface area (Å²) >= 11 is 0. The van der Waals surface area contributed by atoms with Gasteiger partial charge in [-0.25, -0.2) is 0 Å². The third-order valence-electron chi connectivity index (χ3n) is 3.42. The Morgan fingerprint density at radius 3 is 2.50 bits per heavy atom. The molecule has 1 atom stereocenters. The molecule has 80 valence electrons. The van der Waals surface area contributed by atoms with Crippen molar-refractivity contribution in [2.75, 3.05) is 0 Å². The molecule has 1 amide bonds. The van der Waals surface area contributed by atoms with Crippen LogP contribution in [-0.2, 0) is 4.79 Å². The van der Waals surface area contributed by atoms with Gasteiger partial charge in [-0.1, -0.05) is 6.42 Å². The van der Waals surface area contributed by atoms with E-state index >= 15 is 0 Å². The molecular weight excluding hydrogens is 180 g/mol. The van der Waals surface area contributed by atoms with E-state index in [1.807, 2.05) is 0 Å². The number of hydrogen-bond acceptors (Lipinski definition) is 3. The molecule has 14 heavy (non-hydrogen) atoms. The number of carbonyl (C=O) groups is 1. The molecule has 2 rings (SSSR count). The molecule has 0 bridgehead atoms. The van der Waals surface area contributed by atoms with Gasteiger partial charge in [-0.05, 0) is 31.6 Å². The van der Waals surface area contributed by atoms with Crippen LogP contribution in [0.4, 0.5) is 0 Å². The molecule has 0 spiro atoms. The molecule has 2 saturated carbocycles. The smallest absolute Gasteiger partial charge is 0.237 e. The van der Waals surface area contributed by atoms with Crippen LogP contribution < -0.4 is 11.1 Å². The first-order valence-electron chi connectivity index (χ1n) is 5.41. The monoisotopic (exact) mass is 198 g/mol. The maximum atomic E-state index is 11.6. The molecule has 4 heteroatoms. The Labute approximate surface area is 83.9 Å². The number of hydrogen-bond donors (Lipinski definition) is 3. The van der Waals surface area contributed by atoms with Gasteiger partial charge in [0, 0.05) is 6.04 Å². The predicted octanol–water partition coefficient (Wildman–Crippen LogP) is -0.247. The lowest BCUT2D eigenvalue weighted by molar-refractivity contribution is -0.126. The van der Waals surface area contributed by atoms with Crippen LogP contribution in [0.15, 0.2) is 0 Å². The lowest BCUT2D eigenvalue weighted by atomic mass is 9.79. The average molecular weight is 198 g/mol. The second-order valence-electron chi connectivity index (χ2n) is 4.55. The van der Waals surface area contributed by atoms with Gasteiger partial charge in [0.25, 0.3) is 0 Å². The normalized spacial score (nSPS) is 34.1. The van der Waals surface area contributed by atoms with Gasteiger partial charge in [0.2, 0.25) is 5.91 Å². The molecule has 0 radical (unpaired) electrons. The van der Waals surface area contributed by atoms with Gasteiger partial charge in [-0.2, -0.15) is 0 Å². The predicted molar refractivity (Wildman–Crippen MR) is 52.5 cm³/mol. The standard InChI is InChI=1S/C10H18N2O2/c11-9(6-2-1-3-6)10(14)12-7-4-8(13)5-7/h6-9,13H,1-5,11H2,(H,12,14). The summed E-state index contributed by atoms with van der Waals surface area (Å²) in [5.74, 6) is 0.353. The second-order valence-corrected chi connectivity index (χ2v) is 4.55. The maximum Gasteiger partial charge on any atom is 0.237 e. The fraction of sp³-hybridized carbons (Fsp3) is 0.900. The zero-order valence-corrected chi connectivity index (χ0v) is 8.28. The number of aliphatic hydroxyl groups is 1. The molecule has 4 N–H and O–H groups in total. The van der Waals surface area contributed by atoms with Crippen molar-refractivity contribution in [3.8, 4) is 0 Å². The first-order valence-corrected chi connectivity index (χ1v) is 5.41. The molecule has 4 nitrogen and oxygen atoms in total. The molecular formula is C10H18N2O2. The Kier molecular flexibility index (Phi) is 2.74. The van der Waals surface area contributed by atoms with Crippen molar-refractivity contribution in [3.63, 3.8) is 0 Å². The summed E-state index contributed by atoms with van der Waals surface area (Å²) in [5.41, 5.74) is 5.81. The average Bonchev–Trinajstić information content (AvgIpc) is 1.98.